The van der Waals surface area contributed by atoms with E-state index in [1.54, 1.807) is 6.26 Å². The van der Waals surface area contributed by atoms with Crippen LogP contribution in [-0.4, -0.2) is 19.8 Å². The van der Waals surface area contributed by atoms with Gasteiger partial charge in [-0.25, -0.2) is 0 Å². The first-order valence-electron chi connectivity index (χ1n) is 8.63. The molecular weight excluding hydrogens is 276 g/mol. The fraction of sp³-hybridized carbons (Fsp3) is 0.842. The lowest BCUT2D eigenvalue weighted by Crippen LogP contribution is -2.19. The molecule has 0 aromatic rings. The molecular formula is C19H36O3. The predicted octanol–water partition coefficient (Wildman–Crippen LogP) is 5.52. The maximum atomic E-state index is 5.79. The van der Waals surface area contributed by atoms with Gasteiger partial charge in [0.1, 0.15) is 6.26 Å². The van der Waals surface area contributed by atoms with E-state index >= 15 is 0 Å². The van der Waals surface area contributed by atoms with Crippen molar-refractivity contribution in [2.24, 2.45) is 17.3 Å². The molecule has 0 N–H and O–H groups in total. The first kappa shape index (κ1) is 20.9. The van der Waals surface area contributed by atoms with E-state index in [0.717, 1.165) is 19.3 Å². The van der Waals surface area contributed by atoms with E-state index in [1.165, 1.54) is 0 Å². The van der Waals surface area contributed by atoms with Crippen LogP contribution >= 0.6 is 0 Å². The van der Waals surface area contributed by atoms with Crippen molar-refractivity contribution in [2.75, 3.05) is 19.8 Å². The Morgan fingerprint density at radius 3 is 2.36 bits per heavy atom. The summed E-state index contributed by atoms with van der Waals surface area (Å²) in [6, 6.07) is 0. The van der Waals surface area contributed by atoms with Crippen LogP contribution in [0.5, 0.6) is 0 Å². The Labute approximate surface area is 137 Å². The van der Waals surface area contributed by atoms with E-state index in [9.17, 15) is 0 Å². The fourth-order valence-corrected chi connectivity index (χ4v) is 1.28. The first-order valence-corrected chi connectivity index (χ1v) is 8.63. The maximum absolute atomic E-state index is 5.79. The molecule has 0 aliphatic rings. The molecule has 0 aromatic carbocycles. The average Bonchev–Trinajstić information content (AvgIpc) is 2.48. The molecule has 0 aliphatic heterocycles. The van der Waals surface area contributed by atoms with Crippen molar-refractivity contribution in [1.82, 2.24) is 0 Å². The minimum Gasteiger partial charge on any atom is -0.493 e. The molecule has 0 saturated carbocycles. The van der Waals surface area contributed by atoms with Gasteiger partial charge >= 0.3 is 5.95 Å². The third kappa shape index (κ3) is 11.6. The summed E-state index contributed by atoms with van der Waals surface area (Å²) in [6.07, 6.45) is 4.74. The molecule has 3 heteroatoms. The van der Waals surface area contributed by atoms with Gasteiger partial charge in [-0.15, -0.1) is 0 Å². The van der Waals surface area contributed by atoms with Gasteiger partial charge in [-0.05, 0) is 30.1 Å². The van der Waals surface area contributed by atoms with Crippen LogP contribution in [0.2, 0.25) is 0 Å². The Hall–Kier alpha value is -1.08. The summed E-state index contributed by atoms with van der Waals surface area (Å²) in [5, 5.41) is 0. The van der Waals surface area contributed by atoms with Crippen molar-refractivity contribution in [3.05, 3.63) is 17.9 Å². The fourth-order valence-electron chi connectivity index (χ4n) is 1.28. The highest BCUT2D eigenvalue weighted by molar-refractivity contribution is 4.83. The molecule has 1 unspecified atom stereocenters. The summed E-state index contributed by atoms with van der Waals surface area (Å²) < 4.78 is 17.0. The summed E-state index contributed by atoms with van der Waals surface area (Å²) in [5.74, 6) is 1.58. The minimum absolute atomic E-state index is 0.130. The Kier molecular flexibility index (Phi) is 10.9. The van der Waals surface area contributed by atoms with Gasteiger partial charge in [0.25, 0.3) is 0 Å². The monoisotopic (exact) mass is 312 g/mol. The van der Waals surface area contributed by atoms with Gasteiger partial charge in [-0.1, -0.05) is 54.9 Å². The van der Waals surface area contributed by atoms with Gasteiger partial charge in [0.2, 0.25) is 0 Å². The zero-order valence-electron chi connectivity index (χ0n) is 15.7. The van der Waals surface area contributed by atoms with Crippen molar-refractivity contribution in [3.8, 4) is 0 Å². The highest BCUT2D eigenvalue weighted by Gasteiger charge is 2.17. The lowest BCUT2D eigenvalue weighted by Gasteiger charge is -2.23. The quantitative estimate of drug-likeness (QED) is 0.270. The molecule has 3 nitrogen and oxygen atoms in total. The summed E-state index contributed by atoms with van der Waals surface area (Å²) in [4.78, 5) is 0. The average molecular weight is 312 g/mol. The highest BCUT2D eigenvalue weighted by Crippen LogP contribution is 2.21. The van der Waals surface area contributed by atoms with Gasteiger partial charge in [0, 0.05) is 5.73 Å². The minimum atomic E-state index is 0.130. The largest absolute Gasteiger partial charge is 0.493 e. The van der Waals surface area contributed by atoms with Crippen molar-refractivity contribution in [2.45, 2.75) is 67.7 Å². The molecule has 0 spiro atoms. The molecule has 0 rings (SSSR count). The van der Waals surface area contributed by atoms with E-state index in [0.29, 0.717) is 37.6 Å². The Morgan fingerprint density at radius 1 is 1.14 bits per heavy atom. The van der Waals surface area contributed by atoms with E-state index in [4.69, 9.17) is 14.2 Å². The SMILES string of the molecule is CCC(C)COC(=C=COCCC(C)C)OCC(C)(C)CC. The topological polar surface area (TPSA) is 27.7 Å². The third-order valence-corrected chi connectivity index (χ3v) is 3.82. The molecule has 0 radical (unpaired) electrons. The third-order valence-electron chi connectivity index (χ3n) is 3.82. The van der Waals surface area contributed by atoms with Crippen LogP contribution in [0.1, 0.15) is 67.7 Å². The highest BCUT2D eigenvalue weighted by atomic mass is 16.7. The maximum Gasteiger partial charge on any atom is 0.330 e. The second-order valence-electron chi connectivity index (χ2n) is 7.23. The second-order valence-corrected chi connectivity index (χ2v) is 7.23. The zero-order chi connectivity index (χ0) is 17.0. The Balaban J connectivity index is 4.52. The molecule has 0 aliphatic carbocycles. The van der Waals surface area contributed by atoms with Crippen LogP contribution in [0.25, 0.3) is 0 Å². The van der Waals surface area contributed by atoms with Crippen molar-refractivity contribution in [3.63, 3.8) is 0 Å². The molecule has 0 aromatic heterocycles. The van der Waals surface area contributed by atoms with Crippen LogP contribution in [0.3, 0.4) is 0 Å². The summed E-state index contributed by atoms with van der Waals surface area (Å²) >= 11 is 0. The van der Waals surface area contributed by atoms with Crippen LogP contribution in [0.15, 0.2) is 17.9 Å². The summed E-state index contributed by atoms with van der Waals surface area (Å²) in [5.41, 5.74) is 3.12. The lowest BCUT2D eigenvalue weighted by atomic mass is 9.92. The molecule has 0 heterocycles. The van der Waals surface area contributed by atoms with Gasteiger partial charge in [0.15, 0.2) is 0 Å². The second kappa shape index (κ2) is 11.5. The molecule has 22 heavy (non-hydrogen) atoms. The van der Waals surface area contributed by atoms with Crippen LogP contribution < -0.4 is 0 Å². The van der Waals surface area contributed by atoms with Crippen LogP contribution in [-0.2, 0) is 14.2 Å². The van der Waals surface area contributed by atoms with Crippen molar-refractivity contribution >= 4 is 0 Å². The van der Waals surface area contributed by atoms with Gasteiger partial charge < -0.3 is 14.2 Å². The van der Waals surface area contributed by atoms with Gasteiger partial charge in [0.05, 0.1) is 19.8 Å². The van der Waals surface area contributed by atoms with Gasteiger partial charge in [-0.3, -0.25) is 0 Å². The Bertz CT molecular complexity index is 339. The van der Waals surface area contributed by atoms with Gasteiger partial charge in [-0.2, -0.15) is 0 Å². The van der Waals surface area contributed by atoms with E-state index in [2.05, 4.69) is 54.2 Å². The van der Waals surface area contributed by atoms with E-state index in [-0.39, 0.29) is 5.41 Å². The molecule has 0 amide bonds. The first-order chi connectivity index (χ1) is 10.3. The standard InChI is InChI=1S/C19H36O3/c1-8-17(5)14-21-18(22-15-19(6,7)9-2)11-13-20-12-10-16(3)4/h13,16-17H,8-10,12,14-15H2,1-7H3. The molecule has 0 bridgehead atoms. The smallest absolute Gasteiger partial charge is 0.330 e. The normalized spacial score (nSPS) is 12.5. The van der Waals surface area contributed by atoms with Crippen molar-refractivity contribution < 1.29 is 14.2 Å². The zero-order valence-corrected chi connectivity index (χ0v) is 15.7. The van der Waals surface area contributed by atoms with Crippen molar-refractivity contribution in [1.29, 1.82) is 0 Å². The molecule has 1 atom stereocenters. The Morgan fingerprint density at radius 2 is 1.82 bits per heavy atom. The van der Waals surface area contributed by atoms with E-state index < -0.39 is 0 Å². The summed E-state index contributed by atoms with van der Waals surface area (Å²) in [6.45, 7) is 17.2. The van der Waals surface area contributed by atoms with E-state index in [1.807, 2.05) is 0 Å². The predicted molar refractivity (Wildman–Crippen MR) is 92.4 cm³/mol. The molecule has 0 saturated heterocycles. The lowest BCUT2D eigenvalue weighted by molar-refractivity contribution is -0.00685. The number of hydrogen-bond acceptors (Lipinski definition) is 3. The van der Waals surface area contributed by atoms with Crippen LogP contribution in [0.4, 0.5) is 0 Å². The summed E-state index contributed by atoms with van der Waals surface area (Å²) in [7, 11) is 0. The number of ether oxygens (including phenoxy) is 3. The van der Waals surface area contributed by atoms with Crippen LogP contribution in [0, 0.1) is 17.3 Å². The molecule has 0 fully saturated rings. The number of rotatable bonds is 12. The molecule has 130 valence electrons. The number of hydrogen-bond donors (Lipinski definition) is 0.